The Morgan fingerprint density at radius 2 is 1.04 bits per heavy atom. The first-order chi connectivity index (χ1) is 42.4. The van der Waals surface area contributed by atoms with Crippen molar-refractivity contribution in [2.45, 2.75) is 262 Å². The Balaban J connectivity index is -0.000000133. The van der Waals surface area contributed by atoms with Crippen LogP contribution in [-0.2, 0) is 245 Å². The molecule has 9 radical (unpaired) electrons. The normalized spacial score (nSPS) is 10.8. The molecule has 579 valence electrons. The van der Waals surface area contributed by atoms with Crippen molar-refractivity contribution in [3.05, 3.63) is 182 Å². The topological polar surface area (TPSA) is 202 Å². The Morgan fingerprint density at radius 1 is 0.480 bits per heavy atom. The van der Waals surface area contributed by atoms with Crippen molar-refractivity contribution >= 4 is 51.8 Å². The van der Waals surface area contributed by atoms with Crippen molar-refractivity contribution in [1.82, 2.24) is 59.0 Å². The zero-order chi connectivity index (χ0) is 71.5. The molecular formula is C73H107N12O4Re9S4-9. The van der Waals surface area contributed by atoms with Crippen molar-refractivity contribution < 1.29 is 202 Å². The summed E-state index contributed by atoms with van der Waals surface area (Å²) in [5.74, 6) is 1.75. The minimum atomic E-state index is 0. The number of H-pyrrole nitrogens is 1. The Labute approximate surface area is 754 Å². The fourth-order valence-electron chi connectivity index (χ4n) is 6.33. The molecule has 10 heterocycles. The van der Waals surface area contributed by atoms with Gasteiger partial charge in [0.15, 0.2) is 0 Å². The second-order valence-corrected chi connectivity index (χ2v) is 34.7. The quantitative estimate of drug-likeness (QED) is 0.152. The number of nitrogens with zero attached hydrogens (tertiary/aromatic N) is 11. The third-order valence-electron chi connectivity index (χ3n) is 12.4. The molecular weight excluding hydrogens is 2910 g/mol. The van der Waals surface area contributed by atoms with Crippen molar-refractivity contribution in [1.29, 1.82) is 0 Å². The Hall–Kier alpha value is -0.519. The maximum atomic E-state index is 4.96. The molecule has 0 spiro atoms. The minimum absolute atomic E-state index is 0. The third kappa shape index (κ3) is 51.0. The zero-order valence-corrected chi connectivity index (χ0v) is 92.9. The molecule has 16 nitrogen and oxygen atoms in total. The summed E-state index contributed by atoms with van der Waals surface area (Å²) >= 11 is 6.11. The molecule has 1 N–H and O–H groups in total. The van der Waals surface area contributed by atoms with E-state index in [-0.39, 0.29) is 238 Å². The molecule has 0 saturated carbocycles. The standard InChI is InChI=1S/C9H14N2.C8H13N2.4C7H10NO.4C7H10NS.9Re/c1-5-8-7(6-10-11-8)9(2,3)4;1-8(2,3)7-5-6-9-10(7)4;1-7(2,3)6-4-9-5-8-6;1-7(2,3)6-4-8-5-9-6;1-7(2,3)6-4-8-9-5-6;1-7(2,3)6-4-5-8-9-6;1-7(2,3)6-4-9-5-8-6;1-7(2,3)6-4-8-5-9-6;1-7(2,3)6-4-8-9-5-6;1-7(2,3)6-4-5-8-9-6;;;;;;;;;/h5-6H,1H2,2-4H3,(H,10,11);5H,1-4H3;2*4H,1-3H3;5H,1-3H3;3*4H,1-3H3;5H,1-3H3;4H,1-3H3;;;;;;;;;/q;9*-1;;;;;;;;;. The van der Waals surface area contributed by atoms with Crippen LogP contribution in [0.1, 0.15) is 268 Å². The van der Waals surface area contributed by atoms with Crippen LogP contribution in [0.4, 0.5) is 0 Å². The summed E-state index contributed by atoms with van der Waals surface area (Å²) in [6, 6.07) is 5.64. The van der Waals surface area contributed by atoms with Gasteiger partial charge in [0.2, 0.25) is 0 Å². The number of aromatic nitrogens is 12. The largest absolute Gasteiger partial charge is 0.581 e. The summed E-state index contributed by atoms with van der Waals surface area (Å²) in [6.07, 6.45) is 29.3. The number of nitrogens with one attached hydrogen (secondary N) is 1. The molecule has 0 atom stereocenters. The van der Waals surface area contributed by atoms with Crippen molar-refractivity contribution in [2.24, 2.45) is 7.05 Å². The number of hydrogen-bond acceptors (Lipinski definition) is 18. The van der Waals surface area contributed by atoms with Crippen molar-refractivity contribution in [3.63, 3.8) is 0 Å². The number of rotatable bonds is 1. The predicted octanol–water partition coefficient (Wildman–Crippen LogP) is 19.9. The molecule has 0 fully saturated rings. The molecule has 10 rings (SSSR count). The van der Waals surface area contributed by atoms with Crippen LogP contribution >= 0.6 is 45.7 Å². The molecule has 0 aliphatic heterocycles. The van der Waals surface area contributed by atoms with Gasteiger partial charge in [-0.3, -0.25) is 27.8 Å². The van der Waals surface area contributed by atoms with Crippen LogP contribution in [0.2, 0.25) is 0 Å². The fraction of sp³-hybridized carbons (Fsp3) is 0.562. The molecule has 0 aliphatic carbocycles. The van der Waals surface area contributed by atoms with Crippen LogP contribution in [0, 0.1) is 54.8 Å². The monoisotopic (exact) mass is 3030 g/mol. The molecule has 10 aromatic rings. The molecule has 0 amide bonds. The number of thiazole rings is 2. The SMILES string of the molecule is C=Cc1[nH]ncc1C(C)(C)C.CC(C)(C)c1[c-]noc1.CC(C)(C)c1[c-]nsc1.CC(C)(C)c1c[c-]no1.CC(C)(C)c1c[c-]ns1.CC(C)(C)c1cn[c-]o1.CC(C)(C)c1cn[c-]s1.CC(C)(C)c1co[c-]n1.CC(C)(C)c1cs[c-]n1.Cn1n[c-]cc1C(C)(C)C.[Re].[Re].[Re].[Re].[Re].[Re].[Re].[Re].[Re]. The van der Waals surface area contributed by atoms with Crippen LogP contribution in [0.3, 0.4) is 0 Å². The Morgan fingerprint density at radius 3 is 1.25 bits per heavy atom. The van der Waals surface area contributed by atoms with E-state index in [2.05, 4.69) is 328 Å². The van der Waals surface area contributed by atoms with E-state index < -0.39 is 0 Å². The van der Waals surface area contributed by atoms with Crippen LogP contribution in [-0.4, -0.2) is 59.0 Å². The van der Waals surface area contributed by atoms with Crippen LogP contribution in [0.15, 0.2) is 84.5 Å². The van der Waals surface area contributed by atoms with Crippen molar-refractivity contribution in [3.8, 4) is 0 Å². The summed E-state index contributed by atoms with van der Waals surface area (Å²) in [4.78, 5) is 18.1. The number of aromatic amines is 1. The predicted molar refractivity (Wildman–Crippen MR) is 383 cm³/mol. The molecule has 0 bridgehead atoms. The number of oxazole rings is 2. The van der Waals surface area contributed by atoms with E-state index in [1.807, 2.05) is 47.0 Å². The molecule has 10 aromatic heterocycles. The summed E-state index contributed by atoms with van der Waals surface area (Å²) < 4.78 is 28.9. The van der Waals surface area contributed by atoms with E-state index >= 15 is 0 Å². The molecule has 0 aromatic carbocycles. The van der Waals surface area contributed by atoms with Gasteiger partial charge < -0.3 is 56.3 Å². The van der Waals surface area contributed by atoms with Gasteiger partial charge in [0.05, 0.1) is 11.9 Å². The first-order valence-electron chi connectivity index (χ1n) is 30.6. The summed E-state index contributed by atoms with van der Waals surface area (Å²) in [5.41, 5.74) is 15.0. The summed E-state index contributed by atoms with van der Waals surface area (Å²) in [6.45, 7) is 67.6. The maximum Gasteiger partial charge on any atom is 0.102 e. The van der Waals surface area contributed by atoms with E-state index in [1.165, 1.54) is 61.0 Å². The second kappa shape index (κ2) is 55.0. The van der Waals surface area contributed by atoms with Gasteiger partial charge in [-0.2, -0.15) is 51.4 Å². The molecule has 29 heteroatoms. The van der Waals surface area contributed by atoms with E-state index in [0.29, 0.717) is 0 Å². The molecule has 0 aliphatic rings. The summed E-state index contributed by atoms with van der Waals surface area (Å²) in [7, 11) is 1.94. The van der Waals surface area contributed by atoms with Crippen LogP contribution < -0.4 is 0 Å². The van der Waals surface area contributed by atoms with Gasteiger partial charge in [0, 0.05) is 196 Å². The van der Waals surface area contributed by atoms with E-state index in [1.54, 1.807) is 42.2 Å². The first kappa shape index (κ1) is 120. The maximum absolute atomic E-state index is 4.96. The van der Waals surface area contributed by atoms with Gasteiger partial charge in [-0.1, -0.05) is 260 Å². The van der Waals surface area contributed by atoms with Gasteiger partial charge in [0.25, 0.3) is 0 Å². The second-order valence-electron chi connectivity index (χ2n) is 31.8. The number of hydrogen-bond donors (Lipinski definition) is 1. The van der Waals surface area contributed by atoms with Crippen LogP contribution in [0.25, 0.3) is 6.08 Å². The number of aryl methyl sites for hydroxylation is 1. The molecule has 0 saturated heterocycles. The Kier molecular flexibility index (Phi) is 64.6. The molecule has 0 unspecified atom stereocenters. The van der Waals surface area contributed by atoms with Gasteiger partial charge >= 0.3 is 0 Å². The molecule has 102 heavy (non-hydrogen) atoms. The first-order valence-corrected chi connectivity index (χ1v) is 33.9. The van der Waals surface area contributed by atoms with E-state index in [9.17, 15) is 0 Å². The van der Waals surface area contributed by atoms with Gasteiger partial charge in [-0.05, 0) is 73.6 Å². The Bertz CT molecular complexity index is 2890. The van der Waals surface area contributed by atoms with E-state index in [0.717, 1.165) is 34.2 Å². The average Bonchev–Trinajstić information content (AvgIpc) is 1.65. The van der Waals surface area contributed by atoms with Gasteiger partial charge in [-0.25, -0.2) is 16.4 Å². The minimum Gasteiger partial charge on any atom is -0.581 e. The van der Waals surface area contributed by atoms with E-state index in [4.69, 9.17) is 13.4 Å². The zero-order valence-electron chi connectivity index (χ0n) is 65.1. The fourth-order valence-corrected chi connectivity index (χ4v) is 8.97. The van der Waals surface area contributed by atoms with Crippen LogP contribution in [0.5, 0.6) is 0 Å². The summed E-state index contributed by atoms with van der Waals surface area (Å²) in [5, 5.41) is 21.9. The third-order valence-corrected chi connectivity index (χ3v) is 15.8. The smallest absolute Gasteiger partial charge is 0.102 e. The van der Waals surface area contributed by atoms with Gasteiger partial charge in [-0.15, -0.1) is 57.2 Å². The average molecular weight is 3020 g/mol. The van der Waals surface area contributed by atoms with Crippen molar-refractivity contribution in [2.75, 3.05) is 0 Å². The van der Waals surface area contributed by atoms with Gasteiger partial charge in [0.1, 0.15) is 12.8 Å².